The maximum Gasteiger partial charge on any atom is 0.343 e. The first-order valence-corrected chi connectivity index (χ1v) is 9.67. The highest BCUT2D eigenvalue weighted by Gasteiger charge is 2.13. The van der Waals surface area contributed by atoms with Crippen LogP contribution in [0, 0.1) is 0 Å². The minimum Gasteiger partial charge on any atom is -0.490 e. The molecule has 0 aliphatic heterocycles. The summed E-state index contributed by atoms with van der Waals surface area (Å²) in [6.07, 6.45) is 0.333. The summed E-state index contributed by atoms with van der Waals surface area (Å²) in [7, 11) is 0. The van der Waals surface area contributed by atoms with Crippen LogP contribution in [0.5, 0.6) is 17.2 Å². The van der Waals surface area contributed by atoms with E-state index in [1.807, 2.05) is 30.3 Å². The number of anilines is 1. The highest BCUT2D eigenvalue weighted by Crippen LogP contribution is 2.25. The molecule has 30 heavy (non-hydrogen) atoms. The molecule has 3 aromatic carbocycles. The molecule has 1 N–H and O–H groups in total. The summed E-state index contributed by atoms with van der Waals surface area (Å²) in [6, 6.07) is 23.0. The Morgan fingerprint density at radius 2 is 1.37 bits per heavy atom. The number of amides is 1. The number of benzene rings is 3. The van der Waals surface area contributed by atoms with Gasteiger partial charge in [-0.05, 0) is 48.5 Å². The van der Waals surface area contributed by atoms with Gasteiger partial charge in [0.15, 0.2) is 5.75 Å². The van der Waals surface area contributed by atoms with Gasteiger partial charge in [0, 0.05) is 6.42 Å². The maximum atomic E-state index is 12.5. The van der Waals surface area contributed by atoms with Crippen molar-refractivity contribution in [1.29, 1.82) is 0 Å². The molecular formula is C24H23NO5. The van der Waals surface area contributed by atoms with E-state index in [2.05, 4.69) is 5.32 Å². The van der Waals surface area contributed by atoms with Crippen molar-refractivity contribution in [3.05, 3.63) is 84.4 Å². The zero-order valence-corrected chi connectivity index (χ0v) is 16.7. The van der Waals surface area contributed by atoms with Crippen molar-refractivity contribution < 1.29 is 23.8 Å². The van der Waals surface area contributed by atoms with E-state index in [0.29, 0.717) is 42.4 Å². The Morgan fingerprint density at radius 3 is 2.03 bits per heavy atom. The molecule has 0 saturated heterocycles. The molecule has 0 saturated carbocycles. The van der Waals surface area contributed by atoms with Crippen molar-refractivity contribution in [2.75, 3.05) is 18.5 Å². The Balaban J connectivity index is 1.52. The van der Waals surface area contributed by atoms with Crippen LogP contribution in [0.4, 0.5) is 5.69 Å². The van der Waals surface area contributed by atoms with Crippen molar-refractivity contribution in [3.63, 3.8) is 0 Å². The Kier molecular flexibility index (Phi) is 7.44. The lowest BCUT2D eigenvalue weighted by Crippen LogP contribution is -2.13. The molecule has 0 aliphatic rings. The monoisotopic (exact) mass is 405 g/mol. The van der Waals surface area contributed by atoms with Gasteiger partial charge in [-0.2, -0.15) is 0 Å². The second-order valence-electron chi connectivity index (χ2n) is 6.32. The van der Waals surface area contributed by atoms with Crippen LogP contribution in [0.25, 0.3) is 0 Å². The number of hydrogen-bond donors (Lipinski definition) is 1. The van der Waals surface area contributed by atoms with Crippen molar-refractivity contribution in [1.82, 2.24) is 0 Å². The Labute approximate surface area is 175 Å². The van der Waals surface area contributed by atoms with Crippen molar-refractivity contribution in [3.8, 4) is 17.2 Å². The summed E-state index contributed by atoms with van der Waals surface area (Å²) < 4.78 is 16.7. The second-order valence-corrected chi connectivity index (χ2v) is 6.32. The Bertz CT molecular complexity index is 970. The third-order valence-electron chi connectivity index (χ3n) is 4.14. The average Bonchev–Trinajstić information content (AvgIpc) is 2.79. The molecule has 0 atom stereocenters. The van der Waals surface area contributed by atoms with Crippen LogP contribution in [-0.2, 0) is 4.79 Å². The van der Waals surface area contributed by atoms with Gasteiger partial charge in [0.2, 0.25) is 5.91 Å². The van der Waals surface area contributed by atoms with Gasteiger partial charge in [-0.25, -0.2) is 4.79 Å². The topological polar surface area (TPSA) is 73.9 Å². The van der Waals surface area contributed by atoms with E-state index in [0.717, 1.165) is 5.75 Å². The lowest BCUT2D eigenvalue weighted by atomic mass is 10.2. The molecule has 0 heterocycles. The third kappa shape index (κ3) is 6.10. The number of carbonyl (C=O) groups is 2. The van der Waals surface area contributed by atoms with E-state index < -0.39 is 5.97 Å². The number of ether oxygens (including phenoxy) is 3. The van der Waals surface area contributed by atoms with E-state index in [9.17, 15) is 9.59 Å². The molecule has 1 amide bonds. The minimum atomic E-state index is -0.521. The number of carbonyl (C=O) groups excluding carboxylic acids is 2. The van der Waals surface area contributed by atoms with E-state index in [-0.39, 0.29) is 5.91 Å². The van der Waals surface area contributed by atoms with Crippen LogP contribution in [0.2, 0.25) is 0 Å². The molecule has 0 spiro atoms. The van der Waals surface area contributed by atoms with E-state index in [1.165, 1.54) is 0 Å². The minimum absolute atomic E-state index is 0.156. The lowest BCUT2D eigenvalue weighted by molar-refractivity contribution is -0.115. The number of esters is 1. The van der Waals surface area contributed by atoms with Gasteiger partial charge in [-0.1, -0.05) is 37.3 Å². The van der Waals surface area contributed by atoms with E-state index in [4.69, 9.17) is 14.2 Å². The van der Waals surface area contributed by atoms with Gasteiger partial charge < -0.3 is 19.5 Å². The normalized spacial score (nSPS) is 10.2. The zero-order valence-electron chi connectivity index (χ0n) is 16.7. The lowest BCUT2D eigenvalue weighted by Gasteiger charge is -2.11. The smallest absolute Gasteiger partial charge is 0.343 e. The fourth-order valence-electron chi connectivity index (χ4n) is 2.58. The largest absolute Gasteiger partial charge is 0.490 e. The molecule has 0 aliphatic carbocycles. The fourth-order valence-corrected chi connectivity index (χ4v) is 2.58. The fraction of sp³-hybridized carbons (Fsp3) is 0.167. The molecule has 0 bridgehead atoms. The standard InChI is InChI=1S/C24H23NO5/c1-2-23(26)25-21-10-6-7-11-22(21)30-24(27)18-12-14-20(15-13-18)29-17-16-28-19-8-4-3-5-9-19/h3-15H,2,16-17H2,1H3,(H,25,26). The van der Waals surface area contributed by atoms with Gasteiger partial charge >= 0.3 is 5.97 Å². The molecule has 3 aromatic rings. The summed E-state index contributed by atoms with van der Waals surface area (Å²) in [4.78, 5) is 24.1. The average molecular weight is 405 g/mol. The summed E-state index contributed by atoms with van der Waals surface area (Å²) in [5.41, 5.74) is 0.829. The molecule has 0 aromatic heterocycles. The highest BCUT2D eigenvalue weighted by atomic mass is 16.5. The number of rotatable bonds is 9. The Morgan fingerprint density at radius 1 is 0.767 bits per heavy atom. The zero-order chi connectivity index (χ0) is 21.2. The summed E-state index contributed by atoms with van der Waals surface area (Å²) in [5, 5.41) is 2.72. The van der Waals surface area contributed by atoms with E-state index in [1.54, 1.807) is 55.5 Å². The highest BCUT2D eigenvalue weighted by molar-refractivity contribution is 5.95. The first-order chi connectivity index (χ1) is 14.7. The van der Waals surface area contributed by atoms with Crippen LogP contribution in [0.1, 0.15) is 23.7 Å². The number of hydrogen-bond acceptors (Lipinski definition) is 5. The molecule has 0 radical (unpaired) electrons. The van der Waals surface area contributed by atoms with Crippen molar-refractivity contribution in [2.24, 2.45) is 0 Å². The summed E-state index contributed by atoms with van der Waals surface area (Å²) in [5.74, 6) is 1.03. The van der Waals surface area contributed by atoms with Gasteiger partial charge in [0.05, 0.1) is 11.3 Å². The molecule has 6 nitrogen and oxygen atoms in total. The molecule has 154 valence electrons. The Hall–Kier alpha value is -3.80. The van der Waals surface area contributed by atoms with Gasteiger partial charge in [-0.3, -0.25) is 4.79 Å². The van der Waals surface area contributed by atoms with Gasteiger partial charge in [0.1, 0.15) is 24.7 Å². The SMILES string of the molecule is CCC(=O)Nc1ccccc1OC(=O)c1ccc(OCCOc2ccccc2)cc1. The predicted molar refractivity (Wildman–Crippen MR) is 114 cm³/mol. The quantitative estimate of drug-likeness (QED) is 0.317. The number of nitrogens with one attached hydrogen (secondary N) is 1. The van der Waals surface area contributed by atoms with Crippen molar-refractivity contribution >= 4 is 17.6 Å². The first kappa shape index (κ1) is 20.9. The molecule has 3 rings (SSSR count). The molecule has 0 unspecified atom stereocenters. The summed E-state index contributed by atoms with van der Waals surface area (Å²) >= 11 is 0. The van der Waals surface area contributed by atoms with Gasteiger partial charge in [-0.15, -0.1) is 0 Å². The molecule has 6 heteroatoms. The molecule has 0 fully saturated rings. The van der Waals surface area contributed by atoms with Crippen LogP contribution in [0.15, 0.2) is 78.9 Å². The second kappa shape index (κ2) is 10.7. The predicted octanol–water partition coefficient (Wildman–Crippen LogP) is 4.71. The van der Waals surface area contributed by atoms with Crippen LogP contribution >= 0.6 is 0 Å². The number of para-hydroxylation sites is 3. The van der Waals surface area contributed by atoms with Crippen molar-refractivity contribution in [2.45, 2.75) is 13.3 Å². The summed E-state index contributed by atoms with van der Waals surface area (Å²) in [6.45, 7) is 2.54. The molecular weight excluding hydrogens is 382 g/mol. The third-order valence-corrected chi connectivity index (χ3v) is 4.14. The first-order valence-electron chi connectivity index (χ1n) is 9.67. The van der Waals surface area contributed by atoms with Crippen LogP contribution in [-0.4, -0.2) is 25.1 Å². The van der Waals surface area contributed by atoms with E-state index >= 15 is 0 Å². The van der Waals surface area contributed by atoms with Crippen LogP contribution < -0.4 is 19.5 Å². The maximum absolute atomic E-state index is 12.5. The van der Waals surface area contributed by atoms with Gasteiger partial charge in [0.25, 0.3) is 0 Å². The van der Waals surface area contributed by atoms with Crippen LogP contribution in [0.3, 0.4) is 0 Å².